The van der Waals surface area contributed by atoms with Gasteiger partial charge in [0.1, 0.15) is 5.82 Å². The molecule has 0 aliphatic carbocycles. The van der Waals surface area contributed by atoms with Gasteiger partial charge < -0.3 is 4.90 Å². The highest BCUT2D eigenvalue weighted by Crippen LogP contribution is 2.33. The van der Waals surface area contributed by atoms with Gasteiger partial charge in [-0.15, -0.1) is 11.6 Å². The van der Waals surface area contributed by atoms with Gasteiger partial charge in [0.05, 0.1) is 0 Å². The van der Waals surface area contributed by atoms with Crippen LogP contribution in [0.15, 0.2) is 18.2 Å². The van der Waals surface area contributed by atoms with E-state index in [-0.39, 0.29) is 5.82 Å². The Bertz CT molecular complexity index is 422. The average molecular weight is 288 g/mol. The number of thioether (sulfide) groups is 1. The average Bonchev–Trinajstić information content (AvgIpc) is 2.50. The smallest absolute Gasteiger partial charge is 0.123 e. The van der Waals surface area contributed by atoms with Crippen LogP contribution in [0.4, 0.5) is 10.1 Å². The summed E-state index contributed by atoms with van der Waals surface area (Å²) in [7, 11) is 0. The largest absolute Gasteiger partial charge is 0.370 e. The molecule has 1 aliphatic heterocycles. The van der Waals surface area contributed by atoms with Gasteiger partial charge in [-0.25, -0.2) is 4.39 Å². The van der Waals surface area contributed by atoms with Crippen LogP contribution in [0.5, 0.6) is 0 Å². The van der Waals surface area contributed by atoms with Crippen LogP contribution in [-0.4, -0.2) is 23.6 Å². The van der Waals surface area contributed by atoms with E-state index >= 15 is 0 Å². The molecule has 100 valence electrons. The Morgan fingerprint density at radius 1 is 1.39 bits per heavy atom. The van der Waals surface area contributed by atoms with Gasteiger partial charge in [0.25, 0.3) is 0 Å². The molecule has 1 saturated heterocycles. The Balaban J connectivity index is 2.21. The van der Waals surface area contributed by atoms with Crippen LogP contribution in [0.1, 0.15) is 25.8 Å². The van der Waals surface area contributed by atoms with E-state index in [2.05, 4.69) is 18.7 Å². The monoisotopic (exact) mass is 287 g/mol. The first kappa shape index (κ1) is 14.0. The molecule has 18 heavy (non-hydrogen) atoms. The zero-order chi connectivity index (χ0) is 13.2. The minimum atomic E-state index is -0.209. The highest BCUT2D eigenvalue weighted by Gasteiger charge is 2.24. The number of hydrogen-bond acceptors (Lipinski definition) is 2. The molecule has 0 saturated carbocycles. The molecule has 2 rings (SSSR count). The van der Waals surface area contributed by atoms with Crippen molar-refractivity contribution in [3.63, 3.8) is 0 Å². The first-order chi connectivity index (χ1) is 8.52. The molecule has 4 heteroatoms. The summed E-state index contributed by atoms with van der Waals surface area (Å²) < 4.78 is 13.6. The van der Waals surface area contributed by atoms with Gasteiger partial charge in [-0.1, -0.05) is 13.8 Å². The maximum absolute atomic E-state index is 13.2. The summed E-state index contributed by atoms with van der Waals surface area (Å²) in [6, 6.07) is 4.93. The molecule has 0 aromatic heterocycles. The molecule has 0 radical (unpaired) electrons. The van der Waals surface area contributed by atoms with Crippen LogP contribution in [0, 0.1) is 5.82 Å². The second-order valence-electron chi connectivity index (χ2n) is 5.25. The van der Waals surface area contributed by atoms with Gasteiger partial charge in [0, 0.05) is 35.2 Å². The summed E-state index contributed by atoms with van der Waals surface area (Å²) >= 11 is 7.93. The lowest BCUT2D eigenvalue weighted by molar-refractivity contribution is 0.622. The molecule has 0 bridgehead atoms. The third-order valence-corrected chi connectivity index (χ3v) is 5.02. The first-order valence-electron chi connectivity index (χ1n) is 6.25. The van der Waals surface area contributed by atoms with Crippen molar-refractivity contribution in [3.05, 3.63) is 29.6 Å². The summed E-state index contributed by atoms with van der Waals surface area (Å²) in [4.78, 5) is 2.33. The van der Waals surface area contributed by atoms with Gasteiger partial charge in [-0.3, -0.25) is 0 Å². The van der Waals surface area contributed by atoms with E-state index in [0.717, 1.165) is 36.5 Å². The number of alkyl halides is 1. The van der Waals surface area contributed by atoms with E-state index in [1.165, 1.54) is 6.07 Å². The fourth-order valence-corrected chi connectivity index (χ4v) is 3.54. The maximum Gasteiger partial charge on any atom is 0.123 e. The Morgan fingerprint density at radius 3 is 2.89 bits per heavy atom. The second-order valence-corrected chi connectivity index (χ2v) is 7.32. The van der Waals surface area contributed by atoms with E-state index in [1.807, 2.05) is 17.8 Å². The molecule has 0 spiro atoms. The fraction of sp³-hybridized carbons (Fsp3) is 0.571. The summed E-state index contributed by atoms with van der Waals surface area (Å²) in [6.07, 6.45) is 1.14. The van der Waals surface area contributed by atoms with Crippen LogP contribution >= 0.6 is 23.4 Å². The quantitative estimate of drug-likeness (QED) is 0.747. The molecule has 1 nitrogen and oxygen atoms in total. The van der Waals surface area contributed by atoms with Crippen LogP contribution < -0.4 is 4.90 Å². The predicted octanol–water partition coefficient (Wildman–Crippen LogP) is 4.29. The van der Waals surface area contributed by atoms with E-state index in [0.29, 0.717) is 10.6 Å². The number of anilines is 1. The van der Waals surface area contributed by atoms with Crippen LogP contribution in [-0.2, 0) is 5.88 Å². The second kappa shape index (κ2) is 5.70. The van der Waals surface area contributed by atoms with Crippen molar-refractivity contribution in [2.45, 2.75) is 30.9 Å². The van der Waals surface area contributed by atoms with E-state index < -0.39 is 0 Å². The number of nitrogens with zero attached hydrogens (tertiary/aromatic N) is 1. The highest BCUT2D eigenvalue weighted by molar-refractivity contribution is 8.00. The van der Waals surface area contributed by atoms with Crippen LogP contribution in [0.3, 0.4) is 0 Å². The number of halogens is 2. The van der Waals surface area contributed by atoms with Gasteiger partial charge in [-0.05, 0) is 30.2 Å². The van der Waals surface area contributed by atoms with Gasteiger partial charge in [0.2, 0.25) is 0 Å². The van der Waals surface area contributed by atoms with Crippen molar-refractivity contribution in [1.29, 1.82) is 0 Å². The number of rotatable bonds is 2. The Kier molecular flexibility index (Phi) is 4.44. The lowest BCUT2D eigenvalue weighted by atomic mass is 10.1. The Morgan fingerprint density at radius 2 is 2.17 bits per heavy atom. The predicted molar refractivity (Wildman–Crippen MR) is 79.3 cm³/mol. The lowest BCUT2D eigenvalue weighted by Crippen LogP contribution is -2.27. The zero-order valence-corrected chi connectivity index (χ0v) is 12.5. The lowest BCUT2D eigenvalue weighted by Gasteiger charge is -2.26. The first-order valence-corrected chi connectivity index (χ1v) is 7.77. The summed E-state index contributed by atoms with van der Waals surface area (Å²) in [5, 5.41) is 0. The minimum absolute atomic E-state index is 0.209. The Hall–Kier alpha value is -0.410. The Labute approximate surface area is 118 Å². The zero-order valence-electron chi connectivity index (χ0n) is 10.9. The normalized spacial score (nSPS) is 19.7. The number of hydrogen-bond donors (Lipinski definition) is 0. The van der Waals surface area contributed by atoms with Crippen molar-refractivity contribution >= 4 is 29.1 Å². The summed E-state index contributed by atoms with van der Waals surface area (Å²) in [5.41, 5.74) is 1.98. The highest BCUT2D eigenvalue weighted by atomic mass is 35.5. The third-order valence-electron chi connectivity index (χ3n) is 3.36. The fourth-order valence-electron chi connectivity index (χ4n) is 2.23. The molecule has 0 amide bonds. The molecule has 0 atom stereocenters. The topological polar surface area (TPSA) is 3.24 Å². The molecular weight excluding hydrogens is 269 g/mol. The number of benzene rings is 1. The van der Waals surface area contributed by atoms with Crippen molar-refractivity contribution in [2.75, 3.05) is 23.7 Å². The van der Waals surface area contributed by atoms with Gasteiger partial charge >= 0.3 is 0 Å². The SMILES string of the molecule is CC1(C)CCN(c2ccc(F)cc2CCl)CCS1. The molecule has 0 N–H and O–H groups in total. The van der Waals surface area contributed by atoms with Gasteiger partial charge in [-0.2, -0.15) is 11.8 Å². The van der Waals surface area contributed by atoms with E-state index in [9.17, 15) is 4.39 Å². The van der Waals surface area contributed by atoms with Crippen molar-refractivity contribution in [2.24, 2.45) is 0 Å². The van der Waals surface area contributed by atoms with Gasteiger partial charge in [0.15, 0.2) is 0 Å². The summed E-state index contributed by atoms with van der Waals surface area (Å²) in [6.45, 7) is 6.59. The summed E-state index contributed by atoms with van der Waals surface area (Å²) in [5.74, 6) is 1.26. The molecule has 1 aliphatic rings. The van der Waals surface area contributed by atoms with Crippen LogP contribution in [0.2, 0.25) is 0 Å². The molecule has 1 aromatic carbocycles. The molecule has 1 fully saturated rings. The van der Waals surface area contributed by atoms with E-state index in [1.54, 1.807) is 6.07 Å². The van der Waals surface area contributed by atoms with Crippen molar-refractivity contribution < 1.29 is 4.39 Å². The standard InChI is InChI=1S/C14H19ClFNS/c1-14(2)5-6-17(7-8-18-14)13-4-3-12(16)9-11(13)10-15/h3-4,9H,5-8,10H2,1-2H3. The molecule has 0 unspecified atom stereocenters. The van der Waals surface area contributed by atoms with Crippen molar-refractivity contribution in [3.8, 4) is 0 Å². The maximum atomic E-state index is 13.2. The minimum Gasteiger partial charge on any atom is -0.370 e. The molecular formula is C14H19ClFNS. The van der Waals surface area contributed by atoms with Crippen LogP contribution in [0.25, 0.3) is 0 Å². The molecule has 1 heterocycles. The van der Waals surface area contributed by atoms with Crippen molar-refractivity contribution in [1.82, 2.24) is 0 Å². The van der Waals surface area contributed by atoms with E-state index in [4.69, 9.17) is 11.6 Å². The molecule has 1 aromatic rings. The third kappa shape index (κ3) is 3.33.